The van der Waals surface area contributed by atoms with Crippen LogP contribution < -0.4 is 10.6 Å². The fraction of sp³-hybridized carbons (Fsp3) is 0.233. The van der Waals surface area contributed by atoms with Crippen LogP contribution in [-0.2, 0) is 0 Å². The molecule has 0 bridgehead atoms. The highest BCUT2D eigenvalue weighted by molar-refractivity contribution is 6.33. The molecular formula is C30H27ClFN3O3. The number of aromatic nitrogens is 1. The summed E-state index contributed by atoms with van der Waals surface area (Å²) in [5.74, 6) is -0.636. The van der Waals surface area contributed by atoms with Gasteiger partial charge >= 0.3 is 0 Å². The van der Waals surface area contributed by atoms with Crippen molar-refractivity contribution in [2.45, 2.75) is 31.7 Å². The number of amides is 2. The van der Waals surface area contributed by atoms with Crippen molar-refractivity contribution in [1.29, 1.82) is 0 Å². The largest absolute Gasteiger partial charge is 0.355 e. The molecule has 2 N–H and O–H groups in total. The molecule has 0 saturated heterocycles. The van der Waals surface area contributed by atoms with Crippen molar-refractivity contribution in [1.82, 2.24) is 15.8 Å². The number of carbonyl (C=O) groups is 2. The SMILES string of the molecule is O=C(NC[C@@H]1CCC[C@H](NC(=O)c2c(-c3c(F)cccc3Cl)noc2-c2ccccc2)C1)c1ccccc1. The first-order chi connectivity index (χ1) is 18.5. The van der Waals surface area contributed by atoms with E-state index in [9.17, 15) is 14.0 Å². The van der Waals surface area contributed by atoms with Crippen LogP contribution in [0.15, 0.2) is 83.4 Å². The van der Waals surface area contributed by atoms with Crippen molar-refractivity contribution in [2.24, 2.45) is 5.92 Å². The number of nitrogens with zero attached hydrogens (tertiary/aromatic N) is 1. The molecule has 0 unspecified atom stereocenters. The summed E-state index contributed by atoms with van der Waals surface area (Å²) in [6.45, 7) is 0.527. The smallest absolute Gasteiger partial charge is 0.257 e. The van der Waals surface area contributed by atoms with Crippen LogP contribution in [0.4, 0.5) is 4.39 Å². The molecule has 0 spiro atoms. The van der Waals surface area contributed by atoms with E-state index in [2.05, 4.69) is 15.8 Å². The lowest BCUT2D eigenvalue weighted by Gasteiger charge is -2.30. The third-order valence-electron chi connectivity index (χ3n) is 6.86. The Morgan fingerprint density at radius 1 is 0.947 bits per heavy atom. The fourth-order valence-electron chi connectivity index (χ4n) is 4.98. The van der Waals surface area contributed by atoms with Gasteiger partial charge < -0.3 is 15.2 Å². The van der Waals surface area contributed by atoms with E-state index in [0.29, 0.717) is 24.1 Å². The van der Waals surface area contributed by atoms with E-state index in [0.717, 1.165) is 19.3 Å². The average Bonchev–Trinajstić information content (AvgIpc) is 3.38. The Hall–Kier alpha value is -3.97. The topological polar surface area (TPSA) is 84.2 Å². The Labute approximate surface area is 225 Å². The molecule has 1 saturated carbocycles. The van der Waals surface area contributed by atoms with Crippen LogP contribution in [0.2, 0.25) is 5.02 Å². The van der Waals surface area contributed by atoms with Crippen molar-refractivity contribution < 1.29 is 18.5 Å². The number of benzene rings is 3. The summed E-state index contributed by atoms with van der Waals surface area (Å²) >= 11 is 6.32. The first kappa shape index (κ1) is 25.7. The minimum absolute atomic E-state index is 0.0235. The number of nitrogens with one attached hydrogen (secondary N) is 2. The Morgan fingerprint density at radius 2 is 1.68 bits per heavy atom. The second kappa shape index (κ2) is 11.6. The molecule has 2 atom stereocenters. The molecule has 0 aliphatic heterocycles. The Balaban J connectivity index is 1.35. The van der Waals surface area contributed by atoms with Crippen LogP contribution in [0, 0.1) is 11.7 Å². The summed E-state index contributed by atoms with van der Waals surface area (Å²) in [4.78, 5) is 26.2. The van der Waals surface area contributed by atoms with E-state index in [1.807, 2.05) is 36.4 Å². The summed E-state index contributed by atoms with van der Waals surface area (Å²) in [5.41, 5.74) is 1.49. The molecule has 2 amide bonds. The van der Waals surface area contributed by atoms with Gasteiger partial charge in [0.15, 0.2) is 5.76 Å². The van der Waals surface area contributed by atoms with E-state index in [1.54, 1.807) is 30.3 Å². The number of halogens is 2. The lowest BCUT2D eigenvalue weighted by atomic mass is 9.85. The lowest BCUT2D eigenvalue weighted by molar-refractivity contribution is 0.0902. The summed E-state index contributed by atoms with van der Waals surface area (Å²) in [5, 5.41) is 10.3. The second-order valence-corrected chi connectivity index (χ2v) is 9.88. The number of hydrogen-bond acceptors (Lipinski definition) is 4. The summed E-state index contributed by atoms with van der Waals surface area (Å²) in [6, 6.07) is 22.4. The van der Waals surface area contributed by atoms with E-state index in [1.165, 1.54) is 12.1 Å². The highest BCUT2D eigenvalue weighted by Crippen LogP contribution is 2.37. The summed E-state index contributed by atoms with van der Waals surface area (Å²) in [6.07, 6.45) is 3.39. The number of carbonyl (C=O) groups excluding carboxylic acids is 2. The molecule has 1 fully saturated rings. The van der Waals surface area contributed by atoms with Crippen molar-refractivity contribution in [2.75, 3.05) is 6.54 Å². The molecule has 3 aromatic carbocycles. The zero-order chi connectivity index (χ0) is 26.5. The Kier molecular flexibility index (Phi) is 7.84. The Bertz CT molecular complexity index is 1410. The molecule has 1 aromatic heterocycles. The quantitative estimate of drug-likeness (QED) is 0.284. The zero-order valence-electron chi connectivity index (χ0n) is 20.6. The van der Waals surface area contributed by atoms with Crippen molar-refractivity contribution >= 4 is 23.4 Å². The Morgan fingerprint density at radius 3 is 2.42 bits per heavy atom. The van der Waals surface area contributed by atoms with Gasteiger partial charge in [-0.15, -0.1) is 0 Å². The molecule has 1 aliphatic carbocycles. The predicted octanol–water partition coefficient (Wildman–Crippen LogP) is 6.52. The number of rotatable bonds is 7. The minimum Gasteiger partial charge on any atom is -0.355 e. The van der Waals surface area contributed by atoms with E-state index < -0.39 is 11.7 Å². The van der Waals surface area contributed by atoms with Gasteiger partial charge in [-0.3, -0.25) is 9.59 Å². The van der Waals surface area contributed by atoms with Gasteiger partial charge in [0.1, 0.15) is 17.1 Å². The molecule has 8 heteroatoms. The van der Waals surface area contributed by atoms with Crippen LogP contribution in [-0.4, -0.2) is 29.6 Å². The molecule has 1 heterocycles. The monoisotopic (exact) mass is 531 g/mol. The van der Waals surface area contributed by atoms with Crippen LogP contribution in [0.5, 0.6) is 0 Å². The maximum absolute atomic E-state index is 14.8. The lowest BCUT2D eigenvalue weighted by Crippen LogP contribution is -2.41. The third-order valence-corrected chi connectivity index (χ3v) is 7.17. The fourth-order valence-corrected chi connectivity index (χ4v) is 5.23. The first-order valence-electron chi connectivity index (χ1n) is 12.6. The van der Waals surface area contributed by atoms with E-state index in [4.69, 9.17) is 16.1 Å². The minimum atomic E-state index is -0.591. The van der Waals surface area contributed by atoms with Crippen molar-refractivity contribution in [3.63, 3.8) is 0 Å². The third kappa shape index (κ3) is 5.63. The molecule has 5 rings (SSSR count). The predicted molar refractivity (Wildman–Crippen MR) is 144 cm³/mol. The highest BCUT2D eigenvalue weighted by Gasteiger charge is 2.31. The molecule has 6 nitrogen and oxygen atoms in total. The maximum Gasteiger partial charge on any atom is 0.257 e. The van der Waals surface area contributed by atoms with Gasteiger partial charge in [-0.25, -0.2) is 4.39 Å². The first-order valence-corrected chi connectivity index (χ1v) is 13.0. The van der Waals surface area contributed by atoms with E-state index >= 15 is 0 Å². The molecule has 4 aromatic rings. The molecule has 194 valence electrons. The summed E-state index contributed by atoms with van der Waals surface area (Å²) < 4.78 is 20.4. The van der Waals surface area contributed by atoms with Crippen molar-refractivity contribution in [3.8, 4) is 22.6 Å². The molecule has 38 heavy (non-hydrogen) atoms. The highest BCUT2D eigenvalue weighted by atomic mass is 35.5. The van der Waals surface area contributed by atoms with Gasteiger partial charge in [-0.1, -0.05) is 77.8 Å². The van der Waals surface area contributed by atoms with Gasteiger partial charge in [-0.05, 0) is 49.4 Å². The molecular weight excluding hydrogens is 505 g/mol. The van der Waals surface area contributed by atoms with Gasteiger partial charge in [-0.2, -0.15) is 0 Å². The van der Waals surface area contributed by atoms with Crippen LogP contribution in [0.1, 0.15) is 46.4 Å². The standard InChI is InChI=1S/C30H27ClFN3O3/c31-23-15-8-16-24(32)25(23)27-26(28(38-35-27)20-10-3-1-4-11-20)30(37)34-22-14-7-9-19(17-22)18-33-29(36)21-12-5-2-6-13-21/h1-6,8,10-13,15-16,19,22H,7,9,14,17-18H2,(H,33,36)(H,34,37)/t19-,22+/m1/s1. The van der Waals surface area contributed by atoms with Crippen LogP contribution in [0.25, 0.3) is 22.6 Å². The summed E-state index contributed by atoms with van der Waals surface area (Å²) in [7, 11) is 0. The van der Waals surface area contributed by atoms with Gasteiger partial charge in [0.25, 0.3) is 11.8 Å². The van der Waals surface area contributed by atoms with Gasteiger partial charge in [0.2, 0.25) is 0 Å². The number of hydrogen-bond donors (Lipinski definition) is 2. The molecule has 0 radical (unpaired) electrons. The van der Waals surface area contributed by atoms with E-state index in [-0.39, 0.29) is 45.5 Å². The van der Waals surface area contributed by atoms with Gasteiger partial charge in [0, 0.05) is 23.7 Å². The molecule has 1 aliphatic rings. The zero-order valence-corrected chi connectivity index (χ0v) is 21.4. The second-order valence-electron chi connectivity index (χ2n) is 9.48. The average molecular weight is 532 g/mol. The normalized spacial score (nSPS) is 17.1. The van der Waals surface area contributed by atoms with Gasteiger partial charge in [0.05, 0.1) is 10.6 Å². The van der Waals surface area contributed by atoms with Crippen molar-refractivity contribution in [3.05, 3.63) is 101 Å². The van der Waals surface area contributed by atoms with Crippen LogP contribution in [0.3, 0.4) is 0 Å². The maximum atomic E-state index is 14.8. The van der Waals surface area contributed by atoms with Crippen LogP contribution >= 0.6 is 11.6 Å².